The number of benzene rings is 1. The molecule has 2 N–H and O–H groups in total. The Balaban J connectivity index is 2.85. The van der Waals surface area contributed by atoms with E-state index < -0.39 is 5.91 Å². The predicted molar refractivity (Wildman–Crippen MR) is 71.8 cm³/mol. The van der Waals surface area contributed by atoms with Crippen LogP contribution in [0.5, 0.6) is 5.75 Å². The number of rotatable bonds is 6. The van der Waals surface area contributed by atoms with Gasteiger partial charge in [0.1, 0.15) is 5.75 Å². The van der Waals surface area contributed by atoms with Crippen LogP contribution in [0.25, 0.3) is 6.08 Å². The van der Waals surface area contributed by atoms with Gasteiger partial charge in [-0.3, -0.25) is 9.59 Å². The molecule has 0 radical (unpaired) electrons. The molecule has 102 valence electrons. The molecule has 0 bridgehead atoms. The molecule has 19 heavy (non-hydrogen) atoms. The van der Waals surface area contributed by atoms with Crippen LogP contribution < -0.4 is 10.5 Å². The van der Waals surface area contributed by atoms with Gasteiger partial charge >= 0.3 is 5.97 Å². The molecule has 0 aliphatic carbocycles. The molecule has 0 aliphatic heterocycles. The molecule has 0 fully saturated rings. The smallest absolute Gasteiger partial charge is 0.309 e. The highest BCUT2D eigenvalue weighted by Crippen LogP contribution is 2.18. The molecule has 1 aromatic carbocycles. The average molecular weight is 263 g/mol. The van der Waals surface area contributed by atoms with Crippen molar-refractivity contribution in [3.63, 3.8) is 0 Å². The van der Waals surface area contributed by atoms with Crippen molar-refractivity contribution in [3.05, 3.63) is 35.4 Å². The van der Waals surface area contributed by atoms with Crippen molar-refractivity contribution in [2.24, 2.45) is 5.73 Å². The molecule has 0 atom stereocenters. The van der Waals surface area contributed by atoms with Gasteiger partial charge in [0.25, 0.3) is 0 Å². The molecule has 5 nitrogen and oxygen atoms in total. The number of hydrogen-bond acceptors (Lipinski definition) is 4. The second kappa shape index (κ2) is 7.20. The fourth-order valence-corrected chi connectivity index (χ4v) is 1.52. The van der Waals surface area contributed by atoms with Gasteiger partial charge in [-0.15, -0.1) is 0 Å². The number of nitrogens with two attached hydrogens (primary N) is 1. The monoisotopic (exact) mass is 263 g/mol. The lowest BCUT2D eigenvalue weighted by atomic mass is 10.1. The van der Waals surface area contributed by atoms with Gasteiger partial charge in [-0.25, -0.2) is 0 Å². The van der Waals surface area contributed by atoms with E-state index in [-0.39, 0.29) is 12.4 Å². The second-order valence-corrected chi connectivity index (χ2v) is 3.73. The molecule has 0 aliphatic rings. The van der Waals surface area contributed by atoms with Crippen LogP contribution in [0.15, 0.2) is 24.3 Å². The molecular formula is C14H17NO4. The highest BCUT2D eigenvalue weighted by atomic mass is 16.5. The summed E-state index contributed by atoms with van der Waals surface area (Å²) >= 11 is 0. The average Bonchev–Trinajstić information content (AvgIpc) is 2.39. The summed E-state index contributed by atoms with van der Waals surface area (Å²) in [7, 11) is 1.51. The van der Waals surface area contributed by atoms with Crippen molar-refractivity contribution in [3.8, 4) is 5.75 Å². The summed E-state index contributed by atoms with van der Waals surface area (Å²) in [5.41, 5.74) is 6.28. The quantitative estimate of drug-likeness (QED) is 0.793. The van der Waals surface area contributed by atoms with Crippen molar-refractivity contribution in [2.45, 2.75) is 13.3 Å². The van der Waals surface area contributed by atoms with Crippen molar-refractivity contribution in [1.82, 2.24) is 0 Å². The lowest BCUT2D eigenvalue weighted by Gasteiger charge is -2.05. The lowest BCUT2D eigenvalue weighted by molar-refractivity contribution is -0.142. The SMILES string of the molecule is CCOC(=O)CC=Cc1ccc(OC)cc1C(N)=O. The van der Waals surface area contributed by atoms with Gasteiger partial charge in [0.15, 0.2) is 0 Å². The van der Waals surface area contributed by atoms with Crippen LogP contribution >= 0.6 is 0 Å². The molecule has 0 spiro atoms. The summed E-state index contributed by atoms with van der Waals surface area (Å²) in [6.07, 6.45) is 3.45. The van der Waals surface area contributed by atoms with E-state index in [1.165, 1.54) is 7.11 Å². The Kier molecular flexibility index (Phi) is 5.60. The number of ether oxygens (including phenoxy) is 2. The fourth-order valence-electron chi connectivity index (χ4n) is 1.52. The molecule has 1 aromatic rings. The molecule has 1 rings (SSSR count). The Labute approximate surface area is 112 Å². The zero-order chi connectivity index (χ0) is 14.3. The minimum Gasteiger partial charge on any atom is -0.497 e. The number of esters is 1. The normalized spacial score (nSPS) is 10.4. The largest absolute Gasteiger partial charge is 0.497 e. The van der Waals surface area contributed by atoms with E-state index in [9.17, 15) is 9.59 Å². The molecule has 0 saturated carbocycles. The van der Waals surface area contributed by atoms with Gasteiger partial charge in [0, 0.05) is 5.56 Å². The van der Waals surface area contributed by atoms with Crippen LogP contribution in [0, 0.1) is 0 Å². The fraction of sp³-hybridized carbons (Fsp3) is 0.286. The Morgan fingerprint density at radius 3 is 2.68 bits per heavy atom. The van der Waals surface area contributed by atoms with Crippen LogP contribution in [0.2, 0.25) is 0 Å². The van der Waals surface area contributed by atoms with Crippen LogP contribution in [0.4, 0.5) is 0 Å². The van der Waals surface area contributed by atoms with E-state index in [0.29, 0.717) is 23.5 Å². The molecule has 0 saturated heterocycles. The van der Waals surface area contributed by atoms with Gasteiger partial charge in [0.2, 0.25) is 5.91 Å². The first-order valence-electron chi connectivity index (χ1n) is 5.88. The Bertz CT molecular complexity index is 494. The third-order valence-corrected chi connectivity index (χ3v) is 2.41. The topological polar surface area (TPSA) is 78.6 Å². The van der Waals surface area contributed by atoms with Crippen molar-refractivity contribution in [1.29, 1.82) is 0 Å². The van der Waals surface area contributed by atoms with Crippen molar-refractivity contribution >= 4 is 18.0 Å². The van der Waals surface area contributed by atoms with Crippen LogP contribution in [-0.2, 0) is 9.53 Å². The number of primary amides is 1. The van der Waals surface area contributed by atoms with Crippen LogP contribution in [0.3, 0.4) is 0 Å². The highest BCUT2D eigenvalue weighted by molar-refractivity contribution is 5.97. The summed E-state index contributed by atoms with van der Waals surface area (Å²) in [6.45, 7) is 2.10. The summed E-state index contributed by atoms with van der Waals surface area (Å²) in [5.74, 6) is -0.307. The summed E-state index contributed by atoms with van der Waals surface area (Å²) < 4.78 is 9.82. The maximum absolute atomic E-state index is 11.3. The minimum absolute atomic E-state index is 0.151. The zero-order valence-corrected chi connectivity index (χ0v) is 11.0. The van der Waals surface area contributed by atoms with Gasteiger partial charge in [-0.05, 0) is 24.6 Å². The molecule has 1 amide bonds. The number of carbonyl (C=O) groups excluding carboxylic acids is 2. The van der Waals surface area contributed by atoms with Crippen LogP contribution in [-0.4, -0.2) is 25.6 Å². The van der Waals surface area contributed by atoms with Crippen molar-refractivity contribution < 1.29 is 19.1 Å². The lowest BCUT2D eigenvalue weighted by Crippen LogP contribution is -2.12. The summed E-state index contributed by atoms with van der Waals surface area (Å²) in [4.78, 5) is 22.5. The summed E-state index contributed by atoms with van der Waals surface area (Å²) in [5, 5.41) is 0. The maximum Gasteiger partial charge on any atom is 0.309 e. The Hall–Kier alpha value is -2.30. The second-order valence-electron chi connectivity index (χ2n) is 3.73. The van der Waals surface area contributed by atoms with Crippen LogP contribution in [0.1, 0.15) is 29.3 Å². The van der Waals surface area contributed by atoms with E-state index in [1.807, 2.05) is 0 Å². The first kappa shape index (κ1) is 14.8. The maximum atomic E-state index is 11.3. The predicted octanol–water partition coefficient (Wildman–Crippen LogP) is 1.76. The Morgan fingerprint density at radius 2 is 2.11 bits per heavy atom. The van der Waals surface area contributed by atoms with E-state index in [1.54, 1.807) is 37.3 Å². The standard InChI is InChI=1S/C14H17NO4/c1-3-19-13(16)6-4-5-10-7-8-11(18-2)9-12(10)14(15)17/h4-5,7-9H,3,6H2,1-2H3,(H2,15,17). The van der Waals surface area contributed by atoms with Gasteiger partial charge in [0.05, 0.1) is 20.1 Å². The van der Waals surface area contributed by atoms with E-state index in [0.717, 1.165) is 0 Å². The summed E-state index contributed by atoms with van der Waals surface area (Å²) in [6, 6.07) is 4.99. The highest BCUT2D eigenvalue weighted by Gasteiger charge is 2.07. The third-order valence-electron chi connectivity index (χ3n) is 2.41. The van der Waals surface area contributed by atoms with Gasteiger partial charge in [-0.2, -0.15) is 0 Å². The first-order valence-corrected chi connectivity index (χ1v) is 5.88. The number of amides is 1. The van der Waals surface area contributed by atoms with E-state index in [2.05, 4.69) is 0 Å². The van der Waals surface area contributed by atoms with Crippen molar-refractivity contribution in [2.75, 3.05) is 13.7 Å². The third kappa shape index (κ3) is 4.46. The molecule has 0 heterocycles. The van der Waals surface area contributed by atoms with Gasteiger partial charge < -0.3 is 15.2 Å². The zero-order valence-electron chi connectivity index (χ0n) is 11.0. The number of methoxy groups -OCH3 is 1. The Morgan fingerprint density at radius 1 is 1.37 bits per heavy atom. The molecule has 0 unspecified atom stereocenters. The number of carbonyl (C=O) groups is 2. The minimum atomic E-state index is -0.547. The first-order chi connectivity index (χ1) is 9.08. The molecule has 5 heteroatoms. The van der Waals surface area contributed by atoms with E-state index >= 15 is 0 Å². The van der Waals surface area contributed by atoms with E-state index in [4.69, 9.17) is 15.2 Å². The number of hydrogen-bond donors (Lipinski definition) is 1. The molecular weight excluding hydrogens is 246 g/mol. The van der Waals surface area contributed by atoms with Gasteiger partial charge in [-0.1, -0.05) is 18.2 Å². The molecule has 0 aromatic heterocycles.